The molecule has 10 nitrogen and oxygen atoms in total. The van der Waals surface area contributed by atoms with E-state index in [1.807, 2.05) is 6.92 Å². The SMILES string of the molecule is C[C@H](O)[C@@H]1CC[C@H](CCCCCCCCC[C@H](CC(=O)O)O[C@H]2O[C@H](CO)[C@@H](O)[C@H](O)[C@H]2O)N1. The average molecular weight is 492 g/mol. The van der Waals surface area contributed by atoms with Crippen LogP contribution >= 0.6 is 0 Å². The number of rotatable bonds is 16. The molecule has 0 aromatic rings. The van der Waals surface area contributed by atoms with Gasteiger partial charge in [0.25, 0.3) is 0 Å². The molecule has 2 rings (SSSR count). The van der Waals surface area contributed by atoms with Crippen molar-refractivity contribution in [2.24, 2.45) is 0 Å². The van der Waals surface area contributed by atoms with Gasteiger partial charge in [0.1, 0.15) is 24.4 Å². The number of unbranched alkanes of at least 4 members (excludes halogenated alkanes) is 6. The van der Waals surface area contributed by atoms with Crippen molar-refractivity contribution in [2.75, 3.05) is 6.61 Å². The van der Waals surface area contributed by atoms with Gasteiger partial charge in [0, 0.05) is 12.1 Å². The molecule has 200 valence electrons. The molecule has 2 fully saturated rings. The molecule has 0 spiro atoms. The highest BCUT2D eigenvalue weighted by Crippen LogP contribution is 2.25. The monoisotopic (exact) mass is 491 g/mol. The Kier molecular flexibility index (Phi) is 13.2. The summed E-state index contributed by atoms with van der Waals surface area (Å²) in [5.74, 6) is -1.04. The molecule has 0 bridgehead atoms. The van der Waals surface area contributed by atoms with Gasteiger partial charge in [-0.2, -0.15) is 0 Å². The van der Waals surface area contributed by atoms with Gasteiger partial charge >= 0.3 is 5.97 Å². The lowest BCUT2D eigenvalue weighted by atomic mass is 9.99. The lowest BCUT2D eigenvalue weighted by molar-refractivity contribution is -0.311. The maximum absolute atomic E-state index is 11.2. The summed E-state index contributed by atoms with van der Waals surface area (Å²) in [6.07, 6.45) is 2.97. The van der Waals surface area contributed by atoms with Crippen LogP contribution in [0.15, 0.2) is 0 Å². The molecule has 0 aliphatic carbocycles. The zero-order valence-corrected chi connectivity index (χ0v) is 20.3. The predicted molar refractivity (Wildman–Crippen MR) is 124 cm³/mol. The summed E-state index contributed by atoms with van der Waals surface area (Å²) in [7, 11) is 0. The summed E-state index contributed by atoms with van der Waals surface area (Å²) < 4.78 is 11.0. The van der Waals surface area contributed by atoms with Gasteiger partial charge in [0.05, 0.1) is 25.2 Å². The van der Waals surface area contributed by atoms with Crippen LogP contribution in [0.1, 0.15) is 84.0 Å². The third-order valence-corrected chi connectivity index (χ3v) is 7.01. The van der Waals surface area contributed by atoms with E-state index in [-0.39, 0.29) is 18.6 Å². The number of nitrogens with one attached hydrogen (secondary N) is 1. The molecule has 10 heteroatoms. The smallest absolute Gasteiger partial charge is 0.305 e. The van der Waals surface area contributed by atoms with Crippen LogP contribution < -0.4 is 5.32 Å². The van der Waals surface area contributed by atoms with Crippen molar-refractivity contribution in [3.8, 4) is 0 Å². The third kappa shape index (κ3) is 9.66. The molecular weight excluding hydrogens is 446 g/mol. The van der Waals surface area contributed by atoms with Crippen LogP contribution in [0.25, 0.3) is 0 Å². The fraction of sp³-hybridized carbons (Fsp3) is 0.958. The first kappa shape index (κ1) is 29.4. The Balaban J connectivity index is 1.59. The quantitative estimate of drug-likeness (QED) is 0.152. The average Bonchev–Trinajstić information content (AvgIpc) is 3.27. The molecule has 34 heavy (non-hydrogen) atoms. The number of hydrogen-bond donors (Lipinski definition) is 7. The number of aliphatic carboxylic acids is 1. The first-order valence-corrected chi connectivity index (χ1v) is 12.8. The van der Waals surface area contributed by atoms with Gasteiger partial charge in [-0.05, 0) is 32.6 Å². The third-order valence-electron chi connectivity index (χ3n) is 7.01. The largest absolute Gasteiger partial charge is 0.481 e. The van der Waals surface area contributed by atoms with Gasteiger partial charge < -0.3 is 45.4 Å². The second kappa shape index (κ2) is 15.3. The van der Waals surface area contributed by atoms with Crippen molar-refractivity contribution >= 4 is 5.97 Å². The van der Waals surface area contributed by atoms with Crippen molar-refractivity contribution in [1.29, 1.82) is 0 Å². The molecule has 0 aromatic heterocycles. The maximum Gasteiger partial charge on any atom is 0.305 e. The van der Waals surface area contributed by atoms with E-state index in [9.17, 15) is 35.4 Å². The van der Waals surface area contributed by atoms with E-state index >= 15 is 0 Å². The minimum Gasteiger partial charge on any atom is -0.481 e. The Hall–Kier alpha value is -0.850. The maximum atomic E-state index is 11.2. The number of carboxylic acid groups (broad SMARTS) is 1. The van der Waals surface area contributed by atoms with Gasteiger partial charge in [-0.15, -0.1) is 0 Å². The van der Waals surface area contributed by atoms with E-state index in [4.69, 9.17) is 9.47 Å². The number of hydrogen-bond acceptors (Lipinski definition) is 9. The van der Waals surface area contributed by atoms with E-state index < -0.39 is 49.4 Å². The molecule has 0 amide bonds. The van der Waals surface area contributed by atoms with Crippen molar-refractivity contribution < 1.29 is 44.9 Å². The van der Waals surface area contributed by atoms with E-state index in [2.05, 4.69) is 5.32 Å². The van der Waals surface area contributed by atoms with Crippen LogP contribution in [0.3, 0.4) is 0 Å². The number of carbonyl (C=O) groups is 1. The van der Waals surface area contributed by atoms with E-state index in [0.29, 0.717) is 12.5 Å². The van der Waals surface area contributed by atoms with Gasteiger partial charge in [-0.25, -0.2) is 0 Å². The predicted octanol–water partition coefficient (Wildman–Crippen LogP) is 0.659. The zero-order chi connectivity index (χ0) is 25.1. The molecule has 2 aliphatic heterocycles. The summed E-state index contributed by atoms with van der Waals surface area (Å²) in [4.78, 5) is 11.2. The van der Waals surface area contributed by atoms with Crippen LogP contribution in [-0.4, -0.2) is 98.2 Å². The fourth-order valence-electron chi connectivity index (χ4n) is 4.89. The summed E-state index contributed by atoms with van der Waals surface area (Å²) in [6, 6.07) is 0.758. The zero-order valence-electron chi connectivity index (χ0n) is 20.3. The topological polar surface area (TPSA) is 169 Å². The lowest BCUT2D eigenvalue weighted by Gasteiger charge is -2.40. The minimum absolute atomic E-state index is 0.236. The highest BCUT2D eigenvalue weighted by atomic mass is 16.7. The van der Waals surface area contributed by atoms with Crippen LogP contribution in [0.5, 0.6) is 0 Å². The fourth-order valence-corrected chi connectivity index (χ4v) is 4.89. The van der Waals surface area contributed by atoms with Gasteiger partial charge in [-0.3, -0.25) is 4.79 Å². The van der Waals surface area contributed by atoms with Crippen molar-refractivity contribution in [2.45, 2.75) is 139 Å². The molecule has 0 aromatic carbocycles. The molecule has 2 aliphatic rings. The Morgan fingerprint density at radius 3 is 2.24 bits per heavy atom. The summed E-state index contributed by atoms with van der Waals surface area (Å²) in [6.45, 7) is 1.28. The van der Waals surface area contributed by atoms with Crippen LogP contribution in [0.2, 0.25) is 0 Å². The van der Waals surface area contributed by atoms with E-state index in [1.54, 1.807) is 0 Å². The van der Waals surface area contributed by atoms with Crippen LogP contribution in [0, 0.1) is 0 Å². The second-order valence-electron chi connectivity index (χ2n) is 9.89. The number of aliphatic hydroxyl groups excluding tert-OH is 5. The summed E-state index contributed by atoms with van der Waals surface area (Å²) in [5.41, 5.74) is 0. The minimum atomic E-state index is -1.55. The van der Waals surface area contributed by atoms with Crippen LogP contribution in [-0.2, 0) is 14.3 Å². The molecular formula is C24H45NO9. The highest BCUT2D eigenvalue weighted by molar-refractivity contribution is 5.67. The van der Waals surface area contributed by atoms with E-state index in [1.165, 1.54) is 12.8 Å². The molecule has 0 unspecified atom stereocenters. The normalized spacial score (nSPS) is 33.6. The lowest BCUT2D eigenvalue weighted by Crippen LogP contribution is -2.59. The van der Waals surface area contributed by atoms with Gasteiger partial charge in [0.15, 0.2) is 6.29 Å². The van der Waals surface area contributed by atoms with Crippen molar-refractivity contribution in [3.05, 3.63) is 0 Å². The molecule has 7 N–H and O–H groups in total. The number of carboxylic acids is 1. The van der Waals surface area contributed by atoms with Crippen molar-refractivity contribution in [3.63, 3.8) is 0 Å². The Morgan fingerprint density at radius 1 is 1.00 bits per heavy atom. The first-order chi connectivity index (χ1) is 16.2. The molecule has 2 saturated heterocycles. The molecule has 0 saturated carbocycles. The standard InChI is InChI=1S/C24H45NO9/c1-15(27)18-12-11-16(25-18)9-7-5-3-2-4-6-8-10-17(13-20(28)29)33-24-23(32)22(31)21(30)19(14-26)34-24/h15-19,21-27,30-32H,2-14H2,1H3,(H,28,29)/t15-,16-,17+,18-,19+,21+,22-,23+,24-/m0/s1. The highest BCUT2D eigenvalue weighted by Gasteiger charge is 2.44. The van der Waals surface area contributed by atoms with E-state index in [0.717, 1.165) is 51.4 Å². The Labute approximate surface area is 202 Å². The van der Waals surface area contributed by atoms with Gasteiger partial charge in [0.2, 0.25) is 0 Å². The number of ether oxygens (including phenoxy) is 2. The second-order valence-corrected chi connectivity index (χ2v) is 9.89. The Morgan fingerprint density at radius 2 is 1.65 bits per heavy atom. The van der Waals surface area contributed by atoms with Crippen molar-refractivity contribution in [1.82, 2.24) is 5.32 Å². The Bertz CT molecular complexity index is 577. The molecule has 0 radical (unpaired) electrons. The summed E-state index contributed by atoms with van der Waals surface area (Å²) >= 11 is 0. The first-order valence-electron chi connectivity index (χ1n) is 12.8. The van der Waals surface area contributed by atoms with Gasteiger partial charge in [-0.1, -0.05) is 44.9 Å². The van der Waals surface area contributed by atoms with Crippen LogP contribution in [0.4, 0.5) is 0 Å². The number of aliphatic hydroxyl groups is 5. The molecule has 9 atom stereocenters. The summed E-state index contributed by atoms with van der Waals surface area (Å²) in [5, 5.41) is 61.5. The molecule has 2 heterocycles.